The second-order valence-electron chi connectivity index (χ2n) is 3.91. The molecule has 0 saturated heterocycles. The van der Waals surface area contributed by atoms with Gasteiger partial charge in [-0.1, -0.05) is 18.2 Å². The Morgan fingerprint density at radius 3 is 2.43 bits per heavy atom. The Hall–Kier alpha value is -1.51. The highest BCUT2D eigenvalue weighted by Gasteiger charge is 2.26. The molecule has 0 aromatic heterocycles. The fourth-order valence-electron chi connectivity index (χ4n) is 0.955. The summed E-state index contributed by atoms with van der Waals surface area (Å²) < 4.78 is 0. The molecule has 1 aromatic carbocycles. The van der Waals surface area contributed by atoms with Crippen molar-refractivity contribution in [2.45, 2.75) is 13.8 Å². The standard InChI is InChI=1S/C11H15NO2/c1-11(2,10(13)14)8-12-9-6-4-3-5-7-9/h3-7,12H,8H2,1-2H3,(H,13,14). The maximum absolute atomic E-state index is 10.8. The third-order valence-electron chi connectivity index (χ3n) is 2.09. The quantitative estimate of drug-likeness (QED) is 0.770. The molecule has 3 nitrogen and oxygen atoms in total. The largest absolute Gasteiger partial charge is 0.481 e. The first kappa shape index (κ1) is 10.6. The van der Waals surface area contributed by atoms with Crippen molar-refractivity contribution in [3.05, 3.63) is 30.3 Å². The van der Waals surface area contributed by atoms with E-state index in [9.17, 15) is 4.79 Å². The van der Waals surface area contributed by atoms with Crippen molar-refractivity contribution in [2.75, 3.05) is 11.9 Å². The number of hydrogen-bond donors (Lipinski definition) is 2. The van der Waals surface area contributed by atoms with E-state index in [0.717, 1.165) is 5.69 Å². The predicted molar refractivity (Wildman–Crippen MR) is 56.3 cm³/mol. The van der Waals surface area contributed by atoms with Gasteiger partial charge in [-0.3, -0.25) is 4.79 Å². The van der Waals surface area contributed by atoms with E-state index in [1.54, 1.807) is 13.8 Å². The van der Waals surface area contributed by atoms with Crippen LogP contribution in [0.15, 0.2) is 30.3 Å². The number of para-hydroxylation sites is 1. The minimum atomic E-state index is -0.791. The molecule has 0 fully saturated rings. The van der Waals surface area contributed by atoms with Gasteiger partial charge in [-0.2, -0.15) is 0 Å². The van der Waals surface area contributed by atoms with Crippen LogP contribution in [0.5, 0.6) is 0 Å². The zero-order chi connectivity index (χ0) is 10.6. The van der Waals surface area contributed by atoms with Gasteiger partial charge in [0.1, 0.15) is 0 Å². The number of carbonyl (C=O) groups is 1. The molecule has 0 spiro atoms. The molecule has 0 saturated carbocycles. The van der Waals surface area contributed by atoms with Gasteiger partial charge in [0.05, 0.1) is 5.41 Å². The molecule has 0 atom stereocenters. The minimum Gasteiger partial charge on any atom is -0.481 e. The van der Waals surface area contributed by atoms with E-state index in [2.05, 4.69) is 5.32 Å². The molecule has 76 valence electrons. The van der Waals surface area contributed by atoms with Gasteiger partial charge in [-0.15, -0.1) is 0 Å². The number of benzene rings is 1. The molecular weight excluding hydrogens is 178 g/mol. The van der Waals surface area contributed by atoms with Crippen LogP contribution in [0.4, 0.5) is 5.69 Å². The topological polar surface area (TPSA) is 49.3 Å². The highest BCUT2D eigenvalue weighted by molar-refractivity contribution is 5.74. The van der Waals surface area contributed by atoms with Crippen LogP contribution >= 0.6 is 0 Å². The maximum atomic E-state index is 10.8. The second-order valence-corrected chi connectivity index (χ2v) is 3.91. The molecule has 0 aliphatic rings. The van der Waals surface area contributed by atoms with E-state index < -0.39 is 11.4 Å². The smallest absolute Gasteiger partial charge is 0.310 e. The number of anilines is 1. The van der Waals surface area contributed by atoms with Crippen molar-refractivity contribution in [3.63, 3.8) is 0 Å². The van der Waals surface area contributed by atoms with E-state index in [1.165, 1.54) is 0 Å². The van der Waals surface area contributed by atoms with E-state index in [-0.39, 0.29) is 0 Å². The van der Waals surface area contributed by atoms with Gasteiger partial charge in [0.25, 0.3) is 0 Å². The maximum Gasteiger partial charge on any atom is 0.310 e. The average Bonchev–Trinajstić information content (AvgIpc) is 2.16. The van der Waals surface area contributed by atoms with Crippen molar-refractivity contribution in [1.82, 2.24) is 0 Å². The Balaban J connectivity index is 2.53. The molecule has 1 rings (SSSR count). The molecular formula is C11H15NO2. The summed E-state index contributed by atoms with van der Waals surface area (Å²) in [5, 5.41) is 12.0. The fourth-order valence-corrected chi connectivity index (χ4v) is 0.955. The van der Waals surface area contributed by atoms with Gasteiger partial charge in [0.15, 0.2) is 0 Å². The van der Waals surface area contributed by atoms with Crippen molar-refractivity contribution in [3.8, 4) is 0 Å². The summed E-state index contributed by atoms with van der Waals surface area (Å²) in [5.74, 6) is -0.791. The monoisotopic (exact) mass is 193 g/mol. The average molecular weight is 193 g/mol. The summed E-state index contributed by atoms with van der Waals surface area (Å²) in [4.78, 5) is 10.8. The summed E-state index contributed by atoms with van der Waals surface area (Å²) in [7, 11) is 0. The predicted octanol–water partition coefficient (Wildman–Crippen LogP) is 2.21. The van der Waals surface area contributed by atoms with E-state index in [0.29, 0.717) is 6.54 Å². The van der Waals surface area contributed by atoms with Gasteiger partial charge in [-0.25, -0.2) is 0 Å². The molecule has 2 N–H and O–H groups in total. The molecule has 0 heterocycles. The third kappa shape index (κ3) is 2.76. The lowest BCUT2D eigenvalue weighted by Crippen LogP contribution is -2.31. The van der Waals surface area contributed by atoms with Crippen molar-refractivity contribution < 1.29 is 9.90 Å². The van der Waals surface area contributed by atoms with Crippen LogP contribution in [0.1, 0.15) is 13.8 Å². The summed E-state index contributed by atoms with van der Waals surface area (Å²) >= 11 is 0. The summed E-state index contributed by atoms with van der Waals surface area (Å²) in [6, 6.07) is 9.58. The summed E-state index contributed by atoms with van der Waals surface area (Å²) in [6.07, 6.45) is 0. The number of nitrogens with one attached hydrogen (secondary N) is 1. The zero-order valence-electron chi connectivity index (χ0n) is 8.45. The molecule has 14 heavy (non-hydrogen) atoms. The summed E-state index contributed by atoms with van der Waals surface area (Å²) in [5.41, 5.74) is 0.206. The van der Waals surface area contributed by atoms with Crippen LogP contribution in [0.3, 0.4) is 0 Å². The normalized spacial score (nSPS) is 11.0. The second kappa shape index (κ2) is 4.13. The van der Waals surface area contributed by atoms with E-state index in [4.69, 9.17) is 5.11 Å². The lowest BCUT2D eigenvalue weighted by molar-refractivity contribution is -0.146. The highest BCUT2D eigenvalue weighted by Crippen LogP contribution is 2.16. The number of hydrogen-bond acceptors (Lipinski definition) is 2. The Morgan fingerprint density at radius 2 is 1.93 bits per heavy atom. The van der Waals surface area contributed by atoms with E-state index in [1.807, 2.05) is 30.3 Å². The van der Waals surface area contributed by atoms with Crippen LogP contribution in [0.25, 0.3) is 0 Å². The van der Waals surface area contributed by atoms with Crippen molar-refractivity contribution >= 4 is 11.7 Å². The molecule has 0 unspecified atom stereocenters. The molecule has 0 bridgehead atoms. The highest BCUT2D eigenvalue weighted by atomic mass is 16.4. The lowest BCUT2D eigenvalue weighted by Gasteiger charge is -2.20. The van der Waals surface area contributed by atoms with Crippen LogP contribution in [-0.2, 0) is 4.79 Å². The number of rotatable bonds is 4. The van der Waals surface area contributed by atoms with Crippen LogP contribution < -0.4 is 5.32 Å². The van der Waals surface area contributed by atoms with Gasteiger partial charge < -0.3 is 10.4 Å². The molecule has 3 heteroatoms. The molecule has 0 amide bonds. The first-order valence-corrected chi connectivity index (χ1v) is 4.55. The first-order chi connectivity index (χ1) is 6.52. The number of aliphatic carboxylic acids is 1. The number of carboxylic acid groups (broad SMARTS) is 1. The summed E-state index contributed by atoms with van der Waals surface area (Å²) in [6.45, 7) is 3.82. The minimum absolute atomic E-state index is 0.423. The van der Waals surface area contributed by atoms with Crippen LogP contribution in [0.2, 0.25) is 0 Å². The Morgan fingerprint density at radius 1 is 1.36 bits per heavy atom. The Bertz CT molecular complexity index is 306. The van der Waals surface area contributed by atoms with Gasteiger partial charge in [0, 0.05) is 12.2 Å². The first-order valence-electron chi connectivity index (χ1n) is 4.55. The Kier molecular flexibility index (Phi) is 3.12. The molecule has 0 radical (unpaired) electrons. The molecule has 0 aliphatic heterocycles. The number of carboxylic acids is 1. The van der Waals surface area contributed by atoms with Crippen molar-refractivity contribution in [1.29, 1.82) is 0 Å². The zero-order valence-corrected chi connectivity index (χ0v) is 8.45. The van der Waals surface area contributed by atoms with Crippen LogP contribution in [-0.4, -0.2) is 17.6 Å². The fraction of sp³-hybridized carbons (Fsp3) is 0.364. The lowest BCUT2D eigenvalue weighted by atomic mass is 9.94. The van der Waals surface area contributed by atoms with Crippen LogP contribution in [0, 0.1) is 5.41 Å². The SMILES string of the molecule is CC(C)(CNc1ccccc1)C(=O)O. The Labute approximate surface area is 83.8 Å². The van der Waals surface area contributed by atoms with Gasteiger partial charge in [0.2, 0.25) is 0 Å². The molecule has 0 aliphatic carbocycles. The molecule has 1 aromatic rings. The van der Waals surface area contributed by atoms with Gasteiger partial charge >= 0.3 is 5.97 Å². The van der Waals surface area contributed by atoms with E-state index >= 15 is 0 Å². The van der Waals surface area contributed by atoms with Gasteiger partial charge in [-0.05, 0) is 26.0 Å². The third-order valence-corrected chi connectivity index (χ3v) is 2.09. The van der Waals surface area contributed by atoms with Crippen molar-refractivity contribution in [2.24, 2.45) is 5.41 Å².